The minimum atomic E-state index is 0.0229. The Hall–Kier alpha value is -0.260. The number of aliphatic hydroxyl groups excluding tert-OH is 1. The van der Waals surface area contributed by atoms with Gasteiger partial charge in [0.05, 0.1) is 12.5 Å². The van der Waals surface area contributed by atoms with Crippen LogP contribution in [0.15, 0.2) is 0 Å². The lowest BCUT2D eigenvalue weighted by Crippen LogP contribution is -2.47. The maximum absolute atomic E-state index is 12.1. The second-order valence-corrected chi connectivity index (χ2v) is 5.93. The van der Waals surface area contributed by atoms with Crippen LogP contribution in [0.4, 0.5) is 0 Å². The fraction of sp³-hybridized carbons (Fsp3) is 0.917. The van der Waals surface area contributed by atoms with Crippen molar-refractivity contribution in [2.75, 3.05) is 33.0 Å². The van der Waals surface area contributed by atoms with E-state index >= 15 is 0 Å². The monoisotopic (exact) mass is 260 g/mol. The molecule has 1 aliphatic heterocycles. The number of thioether (sulfide) groups is 1. The molecule has 0 saturated carbocycles. The van der Waals surface area contributed by atoms with Crippen LogP contribution in [0.25, 0.3) is 0 Å². The zero-order chi connectivity index (χ0) is 12.8. The smallest absolute Gasteiger partial charge is 0.224 e. The Labute approximate surface area is 108 Å². The van der Waals surface area contributed by atoms with E-state index in [9.17, 15) is 9.90 Å². The number of carbonyl (C=O) groups is 1. The van der Waals surface area contributed by atoms with Gasteiger partial charge in [-0.05, 0) is 39.6 Å². The summed E-state index contributed by atoms with van der Waals surface area (Å²) in [6.45, 7) is 4.00. The van der Waals surface area contributed by atoms with Crippen molar-refractivity contribution in [3.8, 4) is 0 Å². The van der Waals surface area contributed by atoms with Gasteiger partial charge in [-0.1, -0.05) is 0 Å². The van der Waals surface area contributed by atoms with Gasteiger partial charge in [0, 0.05) is 17.8 Å². The van der Waals surface area contributed by atoms with Crippen LogP contribution in [0.3, 0.4) is 0 Å². The molecule has 17 heavy (non-hydrogen) atoms. The molecule has 1 saturated heterocycles. The van der Waals surface area contributed by atoms with Crippen molar-refractivity contribution >= 4 is 17.7 Å². The number of piperidine rings is 1. The average molecular weight is 260 g/mol. The van der Waals surface area contributed by atoms with Gasteiger partial charge in [-0.3, -0.25) is 4.79 Å². The SMILES string of the molecule is CS[C@H](CO)[C@@H](C)NC(=O)[C@H]1CCCN(C)C1. The average Bonchev–Trinajstić information content (AvgIpc) is 2.30. The summed E-state index contributed by atoms with van der Waals surface area (Å²) in [5, 5.41) is 12.3. The molecule has 4 nitrogen and oxygen atoms in total. The fourth-order valence-corrected chi connectivity index (χ4v) is 2.88. The van der Waals surface area contributed by atoms with Crippen LogP contribution < -0.4 is 5.32 Å². The first-order valence-corrected chi connectivity index (χ1v) is 7.49. The summed E-state index contributed by atoms with van der Waals surface area (Å²) in [6.07, 6.45) is 4.03. The number of nitrogens with zero attached hydrogens (tertiary/aromatic N) is 1. The number of amides is 1. The minimum Gasteiger partial charge on any atom is -0.395 e. The largest absolute Gasteiger partial charge is 0.395 e. The van der Waals surface area contributed by atoms with Crippen molar-refractivity contribution in [1.29, 1.82) is 0 Å². The maximum Gasteiger partial charge on any atom is 0.224 e. The predicted molar refractivity (Wildman–Crippen MR) is 72.2 cm³/mol. The lowest BCUT2D eigenvalue weighted by atomic mass is 9.97. The zero-order valence-corrected chi connectivity index (χ0v) is 11.8. The first-order chi connectivity index (χ1) is 8.08. The van der Waals surface area contributed by atoms with Gasteiger partial charge in [-0.15, -0.1) is 0 Å². The molecule has 1 heterocycles. The molecule has 100 valence electrons. The van der Waals surface area contributed by atoms with Crippen LogP contribution >= 0.6 is 11.8 Å². The highest BCUT2D eigenvalue weighted by molar-refractivity contribution is 7.99. The van der Waals surface area contributed by atoms with E-state index in [4.69, 9.17) is 0 Å². The van der Waals surface area contributed by atoms with Crippen molar-refractivity contribution < 1.29 is 9.90 Å². The molecule has 5 heteroatoms. The third kappa shape index (κ3) is 4.48. The van der Waals surface area contributed by atoms with Crippen molar-refractivity contribution in [2.45, 2.75) is 31.1 Å². The van der Waals surface area contributed by atoms with Crippen LogP contribution in [0.5, 0.6) is 0 Å². The summed E-state index contributed by atoms with van der Waals surface area (Å²) in [5.74, 6) is 0.244. The van der Waals surface area contributed by atoms with E-state index in [1.807, 2.05) is 13.2 Å². The van der Waals surface area contributed by atoms with E-state index < -0.39 is 0 Å². The van der Waals surface area contributed by atoms with Crippen molar-refractivity contribution in [3.05, 3.63) is 0 Å². The Bertz CT molecular complexity index is 247. The third-order valence-corrected chi connectivity index (χ3v) is 4.57. The van der Waals surface area contributed by atoms with Gasteiger partial charge in [-0.2, -0.15) is 11.8 Å². The first kappa shape index (κ1) is 14.8. The number of hydrogen-bond donors (Lipinski definition) is 2. The molecule has 0 aromatic heterocycles. The zero-order valence-electron chi connectivity index (χ0n) is 11.0. The van der Waals surface area contributed by atoms with E-state index in [1.54, 1.807) is 11.8 Å². The summed E-state index contributed by atoms with van der Waals surface area (Å²) in [4.78, 5) is 14.3. The highest BCUT2D eigenvalue weighted by Crippen LogP contribution is 2.16. The second kappa shape index (κ2) is 7.24. The third-order valence-electron chi connectivity index (χ3n) is 3.41. The number of hydrogen-bond acceptors (Lipinski definition) is 4. The van der Waals surface area contributed by atoms with Gasteiger partial charge >= 0.3 is 0 Å². The Morgan fingerprint density at radius 3 is 2.88 bits per heavy atom. The van der Waals surface area contributed by atoms with Gasteiger partial charge in [0.15, 0.2) is 0 Å². The summed E-state index contributed by atoms with van der Waals surface area (Å²) in [7, 11) is 2.06. The molecule has 0 spiro atoms. The number of carbonyl (C=O) groups excluding carboxylic acids is 1. The van der Waals surface area contributed by atoms with E-state index in [1.165, 1.54) is 0 Å². The Morgan fingerprint density at radius 1 is 1.65 bits per heavy atom. The normalized spacial score (nSPS) is 25.3. The molecule has 0 unspecified atom stereocenters. The van der Waals surface area contributed by atoms with Crippen LogP contribution in [0.2, 0.25) is 0 Å². The van der Waals surface area contributed by atoms with Crippen molar-refractivity contribution in [2.24, 2.45) is 5.92 Å². The second-order valence-electron chi connectivity index (χ2n) is 4.86. The van der Waals surface area contributed by atoms with Crippen molar-refractivity contribution in [3.63, 3.8) is 0 Å². The first-order valence-electron chi connectivity index (χ1n) is 6.21. The molecular weight excluding hydrogens is 236 g/mol. The number of likely N-dealkylation sites (tertiary alicyclic amines) is 1. The lowest BCUT2D eigenvalue weighted by molar-refractivity contribution is -0.127. The highest BCUT2D eigenvalue weighted by atomic mass is 32.2. The van der Waals surface area contributed by atoms with Crippen LogP contribution in [-0.2, 0) is 4.79 Å². The molecule has 1 amide bonds. The van der Waals surface area contributed by atoms with Crippen LogP contribution in [0, 0.1) is 5.92 Å². The molecule has 0 aromatic rings. The topological polar surface area (TPSA) is 52.6 Å². The Morgan fingerprint density at radius 2 is 2.35 bits per heavy atom. The van der Waals surface area contributed by atoms with Crippen molar-refractivity contribution in [1.82, 2.24) is 10.2 Å². The van der Waals surface area contributed by atoms with Gasteiger partial charge in [0.1, 0.15) is 0 Å². The van der Waals surface area contributed by atoms with Gasteiger partial charge in [-0.25, -0.2) is 0 Å². The highest BCUT2D eigenvalue weighted by Gasteiger charge is 2.26. The molecule has 1 fully saturated rings. The lowest BCUT2D eigenvalue weighted by Gasteiger charge is -2.30. The predicted octanol–water partition coefficient (Wildman–Crippen LogP) is 0.557. The Kier molecular flexibility index (Phi) is 6.30. The quantitative estimate of drug-likeness (QED) is 0.758. The van der Waals surface area contributed by atoms with E-state index in [0.717, 1.165) is 25.9 Å². The summed E-state index contributed by atoms with van der Waals surface area (Å²) < 4.78 is 0. The molecule has 0 aliphatic carbocycles. The molecule has 3 atom stereocenters. The van der Waals surface area contributed by atoms with E-state index in [2.05, 4.69) is 17.3 Å². The van der Waals surface area contributed by atoms with Gasteiger partial charge in [0.2, 0.25) is 5.91 Å². The maximum atomic E-state index is 12.1. The molecule has 1 rings (SSSR count). The molecular formula is C12H24N2O2S. The van der Waals surface area contributed by atoms with E-state index in [-0.39, 0.29) is 29.7 Å². The number of aliphatic hydroxyl groups is 1. The Balaban J connectivity index is 2.42. The van der Waals surface area contributed by atoms with Crippen LogP contribution in [-0.4, -0.2) is 60.2 Å². The fourth-order valence-electron chi connectivity index (χ4n) is 2.25. The molecule has 2 N–H and O–H groups in total. The van der Waals surface area contributed by atoms with Gasteiger partial charge in [0.25, 0.3) is 0 Å². The molecule has 1 aliphatic rings. The summed E-state index contributed by atoms with van der Waals surface area (Å²) in [6, 6.07) is 0.0229. The summed E-state index contributed by atoms with van der Waals surface area (Å²) in [5.41, 5.74) is 0. The van der Waals surface area contributed by atoms with E-state index in [0.29, 0.717) is 0 Å². The summed E-state index contributed by atoms with van der Waals surface area (Å²) >= 11 is 1.59. The standard InChI is InChI=1S/C12H24N2O2S/c1-9(11(8-15)17-3)13-12(16)10-5-4-6-14(2)7-10/h9-11,15H,4-8H2,1-3H3,(H,13,16)/t9-,10+,11-/m1/s1. The minimum absolute atomic E-state index is 0.0229. The molecule has 0 radical (unpaired) electrons. The number of rotatable bonds is 5. The molecule has 0 bridgehead atoms. The van der Waals surface area contributed by atoms with Crippen LogP contribution in [0.1, 0.15) is 19.8 Å². The van der Waals surface area contributed by atoms with Gasteiger partial charge < -0.3 is 15.3 Å². The molecule has 0 aromatic carbocycles. The number of nitrogens with one attached hydrogen (secondary N) is 1.